The first-order valence-electron chi connectivity index (χ1n) is 9.89. The molecular weight excluding hydrogens is 416 g/mol. The highest BCUT2D eigenvalue weighted by Crippen LogP contribution is 2.32. The van der Waals surface area contributed by atoms with E-state index >= 15 is 0 Å². The van der Waals surface area contributed by atoms with Crippen LogP contribution < -0.4 is 10.2 Å². The Hall–Kier alpha value is -3.30. The Bertz CT molecular complexity index is 1120. The lowest BCUT2D eigenvalue weighted by atomic mass is 10.1. The standard InChI is InChI=1S/C22H22N4O4S/c1-14-3-5-16(6-4-14)20-15(2)31-22(23-20)24-21(27)18-13-17(26(28)29)7-8-19(18)25-9-11-30-12-10-25/h3-8,13H,9-12H2,1-2H3,(H,23,24,27). The van der Waals surface area contributed by atoms with Crippen molar-refractivity contribution >= 4 is 33.8 Å². The maximum absolute atomic E-state index is 13.1. The molecule has 2 aromatic carbocycles. The Balaban J connectivity index is 1.63. The van der Waals surface area contributed by atoms with Gasteiger partial charge < -0.3 is 9.64 Å². The normalized spacial score (nSPS) is 13.8. The molecule has 3 aromatic rings. The molecule has 9 heteroatoms. The summed E-state index contributed by atoms with van der Waals surface area (Å²) in [5, 5.41) is 14.6. The average Bonchev–Trinajstić information content (AvgIpc) is 3.14. The van der Waals surface area contributed by atoms with E-state index in [0.29, 0.717) is 37.1 Å². The lowest BCUT2D eigenvalue weighted by Crippen LogP contribution is -2.37. The van der Waals surface area contributed by atoms with Crippen LogP contribution in [0.15, 0.2) is 42.5 Å². The molecular formula is C22H22N4O4S. The molecule has 1 fully saturated rings. The number of thiazole rings is 1. The zero-order chi connectivity index (χ0) is 22.0. The number of carbonyl (C=O) groups is 1. The minimum Gasteiger partial charge on any atom is -0.378 e. The van der Waals surface area contributed by atoms with Gasteiger partial charge in [-0.05, 0) is 19.9 Å². The number of nitro groups is 1. The monoisotopic (exact) mass is 438 g/mol. The molecule has 4 rings (SSSR count). The molecule has 0 unspecified atom stereocenters. The molecule has 1 aromatic heterocycles. The van der Waals surface area contributed by atoms with E-state index in [1.165, 1.54) is 23.5 Å². The Labute approximate surface area is 183 Å². The topological polar surface area (TPSA) is 97.6 Å². The number of rotatable bonds is 5. The Morgan fingerprint density at radius 1 is 1.16 bits per heavy atom. The largest absolute Gasteiger partial charge is 0.378 e. The SMILES string of the molecule is Cc1ccc(-c2nc(NC(=O)c3cc([N+](=O)[O-])ccc3N3CCOCC3)sc2C)cc1. The number of nitrogens with zero attached hydrogens (tertiary/aromatic N) is 3. The second-order valence-electron chi connectivity index (χ2n) is 7.30. The Morgan fingerprint density at radius 3 is 2.55 bits per heavy atom. The third kappa shape index (κ3) is 4.57. The summed E-state index contributed by atoms with van der Waals surface area (Å²) in [6.45, 7) is 6.30. The van der Waals surface area contributed by atoms with E-state index in [2.05, 4.69) is 10.3 Å². The van der Waals surface area contributed by atoms with Crippen LogP contribution in [0.4, 0.5) is 16.5 Å². The first-order valence-corrected chi connectivity index (χ1v) is 10.7. The second kappa shape index (κ2) is 8.83. The highest BCUT2D eigenvalue weighted by Gasteiger charge is 2.23. The molecule has 2 heterocycles. The number of aromatic nitrogens is 1. The highest BCUT2D eigenvalue weighted by atomic mass is 32.1. The van der Waals surface area contributed by atoms with Crippen molar-refractivity contribution in [2.45, 2.75) is 13.8 Å². The summed E-state index contributed by atoms with van der Waals surface area (Å²) < 4.78 is 5.39. The van der Waals surface area contributed by atoms with Crippen LogP contribution in [-0.2, 0) is 4.74 Å². The summed E-state index contributed by atoms with van der Waals surface area (Å²) in [5.41, 5.74) is 3.72. The van der Waals surface area contributed by atoms with Crippen LogP contribution >= 0.6 is 11.3 Å². The van der Waals surface area contributed by atoms with E-state index in [0.717, 1.165) is 21.7 Å². The number of anilines is 2. The van der Waals surface area contributed by atoms with Crippen LogP contribution in [0.25, 0.3) is 11.3 Å². The summed E-state index contributed by atoms with van der Waals surface area (Å²) in [6.07, 6.45) is 0. The fourth-order valence-electron chi connectivity index (χ4n) is 3.49. The number of morpholine rings is 1. The summed E-state index contributed by atoms with van der Waals surface area (Å²) in [6, 6.07) is 12.4. The van der Waals surface area contributed by atoms with Crippen molar-refractivity contribution in [2.24, 2.45) is 0 Å². The molecule has 0 aliphatic carbocycles. The van der Waals surface area contributed by atoms with Gasteiger partial charge in [-0.1, -0.05) is 29.8 Å². The number of benzene rings is 2. The molecule has 1 saturated heterocycles. The number of amides is 1. The predicted molar refractivity (Wildman–Crippen MR) is 121 cm³/mol. The van der Waals surface area contributed by atoms with E-state index in [1.807, 2.05) is 43.0 Å². The number of hydrogen-bond donors (Lipinski definition) is 1. The van der Waals surface area contributed by atoms with Gasteiger partial charge in [-0.25, -0.2) is 4.98 Å². The van der Waals surface area contributed by atoms with Gasteiger partial charge in [0, 0.05) is 35.7 Å². The van der Waals surface area contributed by atoms with E-state index in [1.54, 1.807) is 6.07 Å². The third-order valence-corrected chi connectivity index (χ3v) is 6.02. The summed E-state index contributed by atoms with van der Waals surface area (Å²) in [4.78, 5) is 31.5. The van der Waals surface area contributed by atoms with Crippen LogP contribution in [0, 0.1) is 24.0 Å². The lowest BCUT2D eigenvalue weighted by Gasteiger charge is -2.30. The predicted octanol–water partition coefficient (Wildman–Crippen LogP) is 4.42. The number of non-ortho nitro benzene ring substituents is 1. The lowest BCUT2D eigenvalue weighted by molar-refractivity contribution is -0.384. The van der Waals surface area contributed by atoms with Gasteiger partial charge in [0.25, 0.3) is 11.6 Å². The Morgan fingerprint density at radius 2 is 1.87 bits per heavy atom. The molecule has 31 heavy (non-hydrogen) atoms. The zero-order valence-corrected chi connectivity index (χ0v) is 18.1. The van der Waals surface area contributed by atoms with Gasteiger partial charge in [0.05, 0.1) is 35.1 Å². The summed E-state index contributed by atoms with van der Waals surface area (Å²) >= 11 is 1.38. The average molecular weight is 439 g/mol. The second-order valence-corrected chi connectivity index (χ2v) is 8.51. The molecule has 1 N–H and O–H groups in total. The molecule has 8 nitrogen and oxygen atoms in total. The van der Waals surface area contributed by atoms with Crippen LogP contribution in [0.3, 0.4) is 0 Å². The van der Waals surface area contributed by atoms with Gasteiger partial charge in [0.1, 0.15) is 0 Å². The van der Waals surface area contributed by atoms with E-state index in [-0.39, 0.29) is 11.3 Å². The number of hydrogen-bond acceptors (Lipinski definition) is 7. The Kier molecular flexibility index (Phi) is 5.97. The van der Waals surface area contributed by atoms with Gasteiger partial charge in [-0.15, -0.1) is 11.3 Å². The quantitative estimate of drug-likeness (QED) is 0.468. The molecule has 1 aliphatic rings. The number of nitro benzene ring substituents is 1. The van der Waals surface area contributed by atoms with E-state index in [4.69, 9.17) is 4.74 Å². The smallest absolute Gasteiger partial charge is 0.270 e. The van der Waals surface area contributed by atoms with Crippen molar-refractivity contribution in [1.29, 1.82) is 0 Å². The van der Waals surface area contributed by atoms with Crippen molar-refractivity contribution in [1.82, 2.24) is 4.98 Å². The fourth-order valence-corrected chi connectivity index (χ4v) is 4.32. The van der Waals surface area contributed by atoms with Gasteiger partial charge >= 0.3 is 0 Å². The molecule has 0 atom stereocenters. The molecule has 0 radical (unpaired) electrons. The van der Waals surface area contributed by atoms with Crippen molar-refractivity contribution in [3.63, 3.8) is 0 Å². The molecule has 0 saturated carbocycles. The molecule has 0 bridgehead atoms. The summed E-state index contributed by atoms with van der Waals surface area (Å²) in [7, 11) is 0. The number of aryl methyl sites for hydroxylation is 2. The van der Waals surface area contributed by atoms with Crippen molar-refractivity contribution in [3.05, 3.63) is 68.6 Å². The highest BCUT2D eigenvalue weighted by molar-refractivity contribution is 7.16. The number of ether oxygens (including phenoxy) is 1. The molecule has 1 aliphatic heterocycles. The molecule has 0 spiro atoms. The van der Waals surface area contributed by atoms with Crippen LogP contribution in [0.1, 0.15) is 20.8 Å². The van der Waals surface area contributed by atoms with Gasteiger partial charge in [-0.2, -0.15) is 0 Å². The van der Waals surface area contributed by atoms with Crippen LogP contribution in [-0.4, -0.2) is 42.1 Å². The first kappa shape index (κ1) is 21.0. The van der Waals surface area contributed by atoms with Gasteiger partial charge in [0.2, 0.25) is 0 Å². The first-order chi connectivity index (χ1) is 14.9. The van der Waals surface area contributed by atoms with Crippen LogP contribution in [0.5, 0.6) is 0 Å². The van der Waals surface area contributed by atoms with E-state index in [9.17, 15) is 14.9 Å². The minimum atomic E-state index is -0.497. The fraction of sp³-hybridized carbons (Fsp3) is 0.273. The van der Waals surface area contributed by atoms with Gasteiger partial charge in [-0.3, -0.25) is 20.2 Å². The molecule has 1 amide bonds. The van der Waals surface area contributed by atoms with Crippen molar-refractivity contribution < 1.29 is 14.5 Å². The zero-order valence-electron chi connectivity index (χ0n) is 17.3. The molecule has 160 valence electrons. The van der Waals surface area contributed by atoms with Gasteiger partial charge in [0.15, 0.2) is 5.13 Å². The minimum absolute atomic E-state index is 0.127. The maximum atomic E-state index is 13.1. The third-order valence-electron chi connectivity index (χ3n) is 5.13. The van der Waals surface area contributed by atoms with Crippen LogP contribution in [0.2, 0.25) is 0 Å². The number of nitrogens with one attached hydrogen (secondary N) is 1. The summed E-state index contributed by atoms with van der Waals surface area (Å²) in [5.74, 6) is -0.422. The maximum Gasteiger partial charge on any atom is 0.270 e. The van der Waals surface area contributed by atoms with Crippen molar-refractivity contribution in [3.8, 4) is 11.3 Å². The number of carbonyl (C=O) groups excluding carboxylic acids is 1. The van der Waals surface area contributed by atoms with Crippen molar-refractivity contribution in [2.75, 3.05) is 36.5 Å². The van der Waals surface area contributed by atoms with E-state index < -0.39 is 10.8 Å².